The average molecular weight is 283 g/mol. The molecule has 0 bridgehead atoms. The number of guanidine groups is 1. The summed E-state index contributed by atoms with van der Waals surface area (Å²) < 4.78 is 0. The quantitative estimate of drug-likeness (QED) is 0.422. The first-order valence-electron chi connectivity index (χ1n) is 5.81. The zero-order valence-corrected chi connectivity index (χ0v) is 11.6. The molecule has 4 N–H and O–H groups in total. The van der Waals surface area contributed by atoms with Gasteiger partial charge in [0.2, 0.25) is 0 Å². The van der Waals surface area contributed by atoms with E-state index in [0.29, 0.717) is 5.37 Å². The smallest absolute Gasteiger partial charge is 0.185 e. The van der Waals surface area contributed by atoms with Crippen molar-refractivity contribution in [3.05, 3.63) is 28.2 Å². The van der Waals surface area contributed by atoms with E-state index in [4.69, 9.17) is 11.1 Å². The third-order valence-electron chi connectivity index (χ3n) is 2.62. The lowest BCUT2D eigenvalue weighted by molar-refractivity contribution is 0.353. The SMILES string of the molecule is N=C(N)NCCCCN1C=CSC1c1cscn1. The van der Waals surface area contributed by atoms with Crippen LogP contribution in [0.5, 0.6) is 0 Å². The Hall–Kier alpha value is -1.21. The summed E-state index contributed by atoms with van der Waals surface area (Å²) >= 11 is 3.43. The normalized spacial score (nSPS) is 18.2. The predicted molar refractivity (Wildman–Crippen MR) is 77.4 cm³/mol. The molecule has 0 radical (unpaired) electrons. The summed E-state index contributed by atoms with van der Waals surface area (Å²) in [7, 11) is 0. The van der Waals surface area contributed by atoms with Crippen molar-refractivity contribution >= 4 is 29.1 Å². The van der Waals surface area contributed by atoms with Gasteiger partial charge >= 0.3 is 0 Å². The number of unbranched alkanes of at least 4 members (excludes halogenated alkanes) is 1. The Morgan fingerprint density at radius 2 is 2.44 bits per heavy atom. The van der Waals surface area contributed by atoms with Crippen LogP contribution in [0.1, 0.15) is 23.9 Å². The molecular formula is C11H17N5S2. The van der Waals surface area contributed by atoms with Crippen molar-refractivity contribution in [3.8, 4) is 0 Å². The van der Waals surface area contributed by atoms with Crippen molar-refractivity contribution in [2.24, 2.45) is 5.73 Å². The molecule has 0 saturated carbocycles. The van der Waals surface area contributed by atoms with Gasteiger partial charge in [0, 0.05) is 24.7 Å². The number of thioether (sulfide) groups is 1. The fourth-order valence-electron chi connectivity index (χ4n) is 1.76. The Morgan fingerprint density at radius 1 is 1.56 bits per heavy atom. The van der Waals surface area contributed by atoms with Gasteiger partial charge in [-0.3, -0.25) is 5.41 Å². The molecule has 0 aliphatic carbocycles. The Morgan fingerprint density at radius 3 is 3.17 bits per heavy atom. The van der Waals surface area contributed by atoms with Crippen LogP contribution in [-0.4, -0.2) is 28.9 Å². The molecule has 0 spiro atoms. The molecule has 1 unspecified atom stereocenters. The van der Waals surface area contributed by atoms with E-state index in [0.717, 1.165) is 31.6 Å². The topological polar surface area (TPSA) is 78.0 Å². The van der Waals surface area contributed by atoms with Gasteiger partial charge in [0.1, 0.15) is 5.37 Å². The van der Waals surface area contributed by atoms with Crippen LogP contribution in [0.2, 0.25) is 0 Å². The highest BCUT2D eigenvalue weighted by Crippen LogP contribution is 2.38. The largest absolute Gasteiger partial charge is 0.370 e. The molecule has 1 aliphatic heterocycles. The number of hydrogen-bond donors (Lipinski definition) is 3. The Kier molecular flexibility index (Phi) is 4.89. The zero-order chi connectivity index (χ0) is 12.8. The molecule has 0 fully saturated rings. The molecule has 98 valence electrons. The molecule has 0 amide bonds. The molecule has 2 rings (SSSR count). The van der Waals surface area contributed by atoms with Crippen molar-refractivity contribution in [2.45, 2.75) is 18.2 Å². The summed E-state index contributed by atoms with van der Waals surface area (Å²) in [6.45, 7) is 1.77. The number of aromatic nitrogens is 1. The van der Waals surface area contributed by atoms with E-state index in [2.05, 4.69) is 32.2 Å². The summed E-state index contributed by atoms with van der Waals surface area (Å²) in [5.41, 5.74) is 8.24. The minimum atomic E-state index is 0.0481. The fraction of sp³-hybridized carbons (Fsp3) is 0.455. The lowest BCUT2D eigenvalue weighted by atomic mass is 10.3. The minimum absolute atomic E-state index is 0.0481. The van der Waals surface area contributed by atoms with Crippen molar-refractivity contribution in [3.63, 3.8) is 0 Å². The standard InChI is InChI=1S/C11H17N5S2/c12-11(13)14-3-1-2-4-16-5-6-18-10(16)9-7-17-8-15-9/h5-8,10H,1-4H2,(H4,12,13,14). The van der Waals surface area contributed by atoms with Crippen LogP contribution in [-0.2, 0) is 0 Å². The predicted octanol–water partition coefficient (Wildman–Crippen LogP) is 1.92. The highest BCUT2D eigenvalue weighted by atomic mass is 32.2. The van der Waals surface area contributed by atoms with Crippen molar-refractivity contribution in [1.29, 1.82) is 5.41 Å². The maximum absolute atomic E-state index is 7.06. The summed E-state index contributed by atoms with van der Waals surface area (Å²) in [5.74, 6) is 0.0481. The van der Waals surface area contributed by atoms with Gasteiger partial charge in [0.15, 0.2) is 5.96 Å². The maximum Gasteiger partial charge on any atom is 0.185 e. The molecular weight excluding hydrogens is 266 g/mol. The number of nitrogens with zero attached hydrogens (tertiary/aromatic N) is 2. The van der Waals surface area contributed by atoms with Crippen LogP contribution in [0.4, 0.5) is 0 Å². The second-order valence-electron chi connectivity index (χ2n) is 3.97. The van der Waals surface area contributed by atoms with Crippen molar-refractivity contribution in [2.75, 3.05) is 13.1 Å². The minimum Gasteiger partial charge on any atom is -0.370 e. The van der Waals surface area contributed by atoms with E-state index in [1.807, 2.05) is 5.51 Å². The first kappa shape index (κ1) is 13.2. The summed E-state index contributed by atoms with van der Waals surface area (Å²) in [6.07, 6.45) is 4.22. The van der Waals surface area contributed by atoms with Crippen LogP contribution in [0, 0.1) is 5.41 Å². The van der Waals surface area contributed by atoms with E-state index in [1.165, 1.54) is 0 Å². The molecule has 7 heteroatoms. The first-order valence-corrected chi connectivity index (χ1v) is 7.70. The van der Waals surface area contributed by atoms with Gasteiger partial charge < -0.3 is 16.0 Å². The Balaban J connectivity index is 1.72. The molecule has 1 atom stereocenters. The molecule has 1 aromatic heterocycles. The maximum atomic E-state index is 7.06. The lowest BCUT2D eigenvalue weighted by Crippen LogP contribution is -2.31. The Labute approximate surface area is 115 Å². The Bertz CT molecular complexity index is 404. The number of nitrogens with one attached hydrogen (secondary N) is 2. The highest BCUT2D eigenvalue weighted by Gasteiger charge is 2.22. The van der Waals surface area contributed by atoms with E-state index < -0.39 is 0 Å². The monoisotopic (exact) mass is 283 g/mol. The van der Waals surface area contributed by atoms with Crippen molar-refractivity contribution < 1.29 is 0 Å². The van der Waals surface area contributed by atoms with Gasteiger partial charge in [-0.2, -0.15) is 0 Å². The number of thiazole rings is 1. The van der Waals surface area contributed by atoms with E-state index in [1.54, 1.807) is 23.1 Å². The summed E-state index contributed by atoms with van der Waals surface area (Å²) in [5, 5.41) is 14.4. The molecule has 18 heavy (non-hydrogen) atoms. The van der Waals surface area contributed by atoms with Crippen LogP contribution in [0.3, 0.4) is 0 Å². The highest BCUT2D eigenvalue weighted by molar-refractivity contribution is 8.02. The van der Waals surface area contributed by atoms with E-state index >= 15 is 0 Å². The van der Waals surface area contributed by atoms with Gasteiger partial charge in [0.25, 0.3) is 0 Å². The third-order valence-corrected chi connectivity index (χ3v) is 4.28. The zero-order valence-electron chi connectivity index (χ0n) is 10.0. The molecule has 2 heterocycles. The molecule has 5 nitrogen and oxygen atoms in total. The van der Waals surface area contributed by atoms with E-state index in [9.17, 15) is 0 Å². The number of rotatable bonds is 6. The lowest BCUT2D eigenvalue weighted by Gasteiger charge is -2.23. The first-order chi connectivity index (χ1) is 8.77. The fourth-order valence-corrected chi connectivity index (χ4v) is 3.40. The molecule has 1 aliphatic rings. The summed E-state index contributed by atoms with van der Waals surface area (Å²) in [6, 6.07) is 0. The summed E-state index contributed by atoms with van der Waals surface area (Å²) in [4.78, 5) is 6.69. The van der Waals surface area contributed by atoms with Gasteiger partial charge in [-0.25, -0.2) is 4.98 Å². The second kappa shape index (κ2) is 6.65. The van der Waals surface area contributed by atoms with Crippen LogP contribution < -0.4 is 11.1 Å². The number of nitrogens with two attached hydrogens (primary N) is 1. The van der Waals surface area contributed by atoms with Crippen molar-refractivity contribution in [1.82, 2.24) is 15.2 Å². The molecule has 0 aromatic carbocycles. The molecule has 1 aromatic rings. The van der Waals surface area contributed by atoms with E-state index in [-0.39, 0.29) is 5.96 Å². The number of hydrogen-bond acceptors (Lipinski definition) is 5. The van der Waals surface area contributed by atoms with Crippen LogP contribution in [0.25, 0.3) is 0 Å². The van der Waals surface area contributed by atoms with Gasteiger partial charge in [-0.15, -0.1) is 23.1 Å². The van der Waals surface area contributed by atoms with Gasteiger partial charge in [-0.05, 0) is 18.2 Å². The van der Waals surface area contributed by atoms with Crippen LogP contribution in [0.15, 0.2) is 22.5 Å². The second-order valence-corrected chi connectivity index (χ2v) is 5.68. The van der Waals surface area contributed by atoms with Crippen LogP contribution >= 0.6 is 23.1 Å². The average Bonchev–Trinajstić information content (AvgIpc) is 2.97. The van der Waals surface area contributed by atoms with Gasteiger partial charge in [0.05, 0.1) is 11.2 Å². The van der Waals surface area contributed by atoms with Gasteiger partial charge in [-0.1, -0.05) is 0 Å². The third kappa shape index (κ3) is 3.64. The molecule has 0 saturated heterocycles.